The van der Waals surface area contributed by atoms with Crippen LogP contribution in [0.5, 0.6) is 5.75 Å². The monoisotopic (exact) mass is 375 g/mol. The molecule has 1 aliphatic rings. The van der Waals surface area contributed by atoms with Gasteiger partial charge in [0, 0.05) is 32.0 Å². The second kappa shape index (κ2) is 9.44. The van der Waals surface area contributed by atoms with E-state index < -0.39 is 5.60 Å². The van der Waals surface area contributed by atoms with Gasteiger partial charge >= 0.3 is 12.1 Å². The van der Waals surface area contributed by atoms with E-state index in [9.17, 15) is 9.59 Å². The molecule has 27 heavy (non-hydrogen) atoms. The van der Waals surface area contributed by atoms with Crippen molar-refractivity contribution < 1.29 is 23.8 Å². The van der Waals surface area contributed by atoms with Crippen LogP contribution in [-0.4, -0.2) is 48.4 Å². The summed E-state index contributed by atoms with van der Waals surface area (Å²) >= 11 is 0. The fourth-order valence-electron chi connectivity index (χ4n) is 2.69. The molecule has 0 aliphatic carbocycles. The molecule has 148 valence electrons. The first-order valence-corrected chi connectivity index (χ1v) is 9.36. The molecule has 0 N–H and O–H groups in total. The van der Waals surface area contributed by atoms with E-state index in [2.05, 4.69) is 0 Å². The number of carbonyl (C=O) groups excluding carboxylic acids is 2. The summed E-state index contributed by atoms with van der Waals surface area (Å²) in [5.41, 5.74) is 0.420. The average Bonchev–Trinajstić information content (AvgIpc) is 2.60. The highest BCUT2D eigenvalue weighted by Crippen LogP contribution is 2.21. The smallest absolute Gasteiger partial charge is 0.410 e. The van der Waals surface area contributed by atoms with E-state index in [1.165, 1.54) is 6.08 Å². The summed E-state index contributed by atoms with van der Waals surface area (Å²) < 4.78 is 16.3. The van der Waals surface area contributed by atoms with Gasteiger partial charge in [0.2, 0.25) is 0 Å². The van der Waals surface area contributed by atoms with Crippen molar-refractivity contribution in [1.29, 1.82) is 0 Å². The molecule has 1 fully saturated rings. The van der Waals surface area contributed by atoms with Crippen LogP contribution in [0.15, 0.2) is 30.3 Å². The molecule has 0 bridgehead atoms. The number of nitrogens with zero attached hydrogens (tertiary/aromatic N) is 1. The maximum Gasteiger partial charge on any atom is 0.410 e. The predicted octanol–water partition coefficient (Wildman–Crippen LogP) is 4.04. The zero-order valence-corrected chi connectivity index (χ0v) is 16.6. The van der Waals surface area contributed by atoms with Gasteiger partial charge in [-0.05, 0) is 51.5 Å². The first-order valence-electron chi connectivity index (χ1n) is 9.36. The molecule has 6 nitrogen and oxygen atoms in total. The van der Waals surface area contributed by atoms with Crippen LogP contribution in [0.2, 0.25) is 0 Å². The lowest BCUT2D eigenvalue weighted by atomic mass is 10.1. The highest BCUT2D eigenvalue weighted by atomic mass is 16.6. The molecule has 0 radical (unpaired) electrons. The number of hydrogen-bond donors (Lipinski definition) is 0. The molecule has 1 amide bonds. The van der Waals surface area contributed by atoms with Crippen molar-refractivity contribution in [2.45, 2.75) is 52.2 Å². The fourth-order valence-corrected chi connectivity index (χ4v) is 2.69. The Bertz CT molecular complexity index is 652. The first-order chi connectivity index (χ1) is 12.8. The molecular weight excluding hydrogens is 346 g/mol. The number of piperidine rings is 1. The van der Waals surface area contributed by atoms with E-state index in [0.29, 0.717) is 19.7 Å². The second-order valence-corrected chi connectivity index (χ2v) is 7.44. The fraction of sp³-hybridized carbons (Fsp3) is 0.524. The minimum atomic E-state index is -0.478. The van der Waals surface area contributed by atoms with E-state index >= 15 is 0 Å². The van der Waals surface area contributed by atoms with Crippen molar-refractivity contribution in [3.05, 3.63) is 35.9 Å². The van der Waals surface area contributed by atoms with Crippen LogP contribution in [0.1, 0.15) is 46.1 Å². The van der Waals surface area contributed by atoms with Gasteiger partial charge in [0.1, 0.15) is 17.5 Å². The van der Waals surface area contributed by atoms with E-state index in [0.717, 1.165) is 24.2 Å². The molecule has 1 aromatic rings. The summed E-state index contributed by atoms with van der Waals surface area (Å²) in [5.74, 6) is 0.425. The summed E-state index contributed by atoms with van der Waals surface area (Å²) in [6, 6.07) is 7.54. The summed E-state index contributed by atoms with van der Waals surface area (Å²) in [4.78, 5) is 25.1. The molecule has 1 aromatic carbocycles. The average molecular weight is 375 g/mol. The summed E-state index contributed by atoms with van der Waals surface area (Å²) in [6.45, 7) is 8.99. The van der Waals surface area contributed by atoms with Gasteiger partial charge in [-0.3, -0.25) is 0 Å². The lowest BCUT2D eigenvalue weighted by molar-refractivity contribution is -0.137. The Morgan fingerprint density at radius 2 is 1.78 bits per heavy atom. The number of ether oxygens (including phenoxy) is 3. The Hall–Kier alpha value is -2.50. The van der Waals surface area contributed by atoms with E-state index in [4.69, 9.17) is 14.2 Å². The minimum Gasteiger partial charge on any atom is -0.490 e. The molecule has 0 unspecified atom stereocenters. The third-order valence-electron chi connectivity index (χ3n) is 3.97. The van der Waals surface area contributed by atoms with Crippen molar-refractivity contribution in [1.82, 2.24) is 4.90 Å². The van der Waals surface area contributed by atoms with Crippen molar-refractivity contribution in [2.75, 3.05) is 19.7 Å². The Labute approximate surface area is 161 Å². The van der Waals surface area contributed by atoms with E-state index in [1.54, 1.807) is 17.9 Å². The third kappa shape index (κ3) is 7.33. The SMILES string of the molecule is CCOC(=O)/C=C/c1ccc(OC2CCN(C(=O)OC(C)(C)C)CC2)cc1. The quantitative estimate of drug-likeness (QED) is 0.574. The summed E-state index contributed by atoms with van der Waals surface area (Å²) in [5, 5.41) is 0. The van der Waals surface area contributed by atoms with Crippen molar-refractivity contribution in [2.24, 2.45) is 0 Å². The third-order valence-corrected chi connectivity index (χ3v) is 3.97. The number of likely N-dealkylation sites (tertiary alicyclic amines) is 1. The highest BCUT2D eigenvalue weighted by molar-refractivity contribution is 5.87. The zero-order valence-electron chi connectivity index (χ0n) is 16.6. The molecule has 0 atom stereocenters. The Balaban J connectivity index is 1.80. The largest absolute Gasteiger partial charge is 0.490 e. The number of benzene rings is 1. The standard InChI is InChI=1S/C21H29NO5/c1-5-25-19(23)11-8-16-6-9-17(10-7-16)26-18-12-14-22(15-13-18)20(24)27-21(2,3)4/h6-11,18H,5,12-15H2,1-4H3/b11-8+. The van der Waals surface area contributed by atoms with E-state index in [1.807, 2.05) is 45.0 Å². The van der Waals surface area contributed by atoms with E-state index in [-0.39, 0.29) is 18.2 Å². The van der Waals surface area contributed by atoms with Gasteiger partial charge in [-0.2, -0.15) is 0 Å². The van der Waals surface area contributed by atoms with Crippen LogP contribution in [0.3, 0.4) is 0 Å². The zero-order chi connectivity index (χ0) is 19.9. The summed E-state index contributed by atoms with van der Waals surface area (Å²) in [7, 11) is 0. The summed E-state index contributed by atoms with van der Waals surface area (Å²) in [6.07, 6.45) is 4.46. The number of amides is 1. The predicted molar refractivity (Wildman–Crippen MR) is 104 cm³/mol. The Morgan fingerprint density at radius 3 is 2.33 bits per heavy atom. The van der Waals surface area contributed by atoms with Gasteiger partial charge in [0.05, 0.1) is 6.61 Å². The normalized spacial score (nSPS) is 15.6. The number of rotatable bonds is 5. The lowest BCUT2D eigenvalue weighted by Gasteiger charge is -2.33. The second-order valence-electron chi connectivity index (χ2n) is 7.44. The van der Waals surface area contributed by atoms with Gasteiger partial charge in [-0.25, -0.2) is 9.59 Å². The molecule has 0 spiro atoms. The number of esters is 1. The Morgan fingerprint density at radius 1 is 1.15 bits per heavy atom. The van der Waals surface area contributed by atoms with Crippen molar-refractivity contribution in [3.8, 4) is 5.75 Å². The van der Waals surface area contributed by atoms with Crippen LogP contribution in [0.25, 0.3) is 6.08 Å². The topological polar surface area (TPSA) is 65.1 Å². The van der Waals surface area contributed by atoms with Crippen LogP contribution < -0.4 is 4.74 Å². The van der Waals surface area contributed by atoms with Crippen molar-refractivity contribution >= 4 is 18.1 Å². The molecule has 6 heteroatoms. The number of hydrogen-bond acceptors (Lipinski definition) is 5. The maximum atomic E-state index is 12.1. The van der Waals surface area contributed by atoms with Crippen molar-refractivity contribution in [3.63, 3.8) is 0 Å². The molecule has 1 saturated heterocycles. The molecule has 1 heterocycles. The van der Waals surface area contributed by atoms with Gasteiger partial charge < -0.3 is 19.1 Å². The Kier molecular flexibility index (Phi) is 7.28. The number of carbonyl (C=O) groups is 2. The molecule has 1 aliphatic heterocycles. The van der Waals surface area contributed by atoms with Gasteiger partial charge in [-0.15, -0.1) is 0 Å². The molecule has 0 aromatic heterocycles. The molecule has 0 saturated carbocycles. The van der Waals surface area contributed by atoms with Crippen LogP contribution >= 0.6 is 0 Å². The highest BCUT2D eigenvalue weighted by Gasteiger charge is 2.27. The maximum absolute atomic E-state index is 12.1. The van der Waals surface area contributed by atoms with Gasteiger partial charge in [0.15, 0.2) is 0 Å². The van der Waals surface area contributed by atoms with Crippen LogP contribution in [-0.2, 0) is 14.3 Å². The minimum absolute atomic E-state index is 0.0737. The first kappa shape index (κ1) is 20.8. The van der Waals surface area contributed by atoms with Crippen LogP contribution in [0, 0.1) is 0 Å². The molecule has 2 rings (SSSR count). The van der Waals surface area contributed by atoms with Crippen LogP contribution in [0.4, 0.5) is 4.79 Å². The molecular formula is C21H29NO5. The lowest BCUT2D eigenvalue weighted by Crippen LogP contribution is -2.44. The van der Waals surface area contributed by atoms with Gasteiger partial charge in [0.25, 0.3) is 0 Å². The van der Waals surface area contributed by atoms with Gasteiger partial charge in [-0.1, -0.05) is 12.1 Å².